The highest BCUT2D eigenvalue weighted by atomic mass is 16.6. The van der Waals surface area contributed by atoms with E-state index in [1.165, 1.54) is 91.4 Å². The highest BCUT2D eigenvalue weighted by Crippen LogP contribution is 2.25. The zero-order valence-corrected chi connectivity index (χ0v) is 32.1. The molecule has 0 aliphatic carbocycles. The smallest absolute Gasteiger partial charge is 0.305 e. The van der Waals surface area contributed by atoms with Crippen molar-refractivity contribution in [1.29, 1.82) is 0 Å². The van der Waals surface area contributed by atoms with Crippen LogP contribution in [0.25, 0.3) is 0 Å². The molecule has 0 aromatic carbocycles. The van der Waals surface area contributed by atoms with E-state index in [-0.39, 0.29) is 12.8 Å². The minimum absolute atomic E-state index is 0.181. The van der Waals surface area contributed by atoms with Gasteiger partial charge in [0.2, 0.25) is 23.6 Å². The first kappa shape index (κ1) is 47.7. The lowest BCUT2D eigenvalue weighted by atomic mass is 9.96. The summed E-state index contributed by atoms with van der Waals surface area (Å²) < 4.78 is 16.6. The standard InChI is InChI=1S/C37H66N4O12/c1-5-6-7-8-9-10-11-12-13-14-15-16-17-18-19-20-30(45)51-23-28-32(46)33(31(37(50)53-28)40-26(4)42)52-25(3)36(49)39-24(2)35(48)41-27(34(38)47)21-22-29(43)44/h24-25,27-28,31-33,37,46,50H,5-23H2,1-4H3,(H2,38,47)(H,39,49)(H,40,42)(H,41,48)(H,43,44)/t24-,25+,27+,28+,31+,32+,33+,37-/m0/s1. The van der Waals surface area contributed by atoms with Gasteiger partial charge < -0.3 is 51.2 Å². The molecule has 0 bridgehead atoms. The number of nitrogens with two attached hydrogens (primary N) is 1. The molecular formula is C37H66N4O12. The molecule has 1 saturated heterocycles. The summed E-state index contributed by atoms with van der Waals surface area (Å²) in [5, 5.41) is 37.8. The molecule has 1 rings (SSSR count). The number of carbonyl (C=O) groups excluding carboxylic acids is 5. The Balaban J connectivity index is 2.53. The van der Waals surface area contributed by atoms with E-state index in [4.69, 9.17) is 25.1 Å². The molecule has 1 aliphatic rings. The summed E-state index contributed by atoms with van der Waals surface area (Å²) in [4.78, 5) is 72.3. The van der Waals surface area contributed by atoms with Crippen molar-refractivity contribution in [2.45, 2.75) is 192 Å². The molecule has 53 heavy (non-hydrogen) atoms. The van der Waals surface area contributed by atoms with E-state index in [0.717, 1.165) is 19.3 Å². The number of nitrogens with one attached hydrogen (secondary N) is 3. The fourth-order valence-corrected chi connectivity index (χ4v) is 6.05. The van der Waals surface area contributed by atoms with Crippen LogP contribution in [0.1, 0.15) is 143 Å². The highest BCUT2D eigenvalue weighted by Gasteiger charge is 2.47. The van der Waals surface area contributed by atoms with Crippen LogP contribution in [0.3, 0.4) is 0 Å². The Labute approximate surface area is 314 Å². The number of ether oxygens (including phenoxy) is 3. The van der Waals surface area contributed by atoms with Crippen LogP contribution < -0.4 is 21.7 Å². The number of hydrogen-bond acceptors (Lipinski definition) is 11. The summed E-state index contributed by atoms with van der Waals surface area (Å²) in [5.41, 5.74) is 5.25. The van der Waals surface area contributed by atoms with Gasteiger partial charge in [0.1, 0.15) is 49.1 Å². The van der Waals surface area contributed by atoms with Crippen molar-refractivity contribution in [1.82, 2.24) is 16.0 Å². The maximum Gasteiger partial charge on any atom is 0.305 e. The zero-order valence-electron chi connectivity index (χ0n) is 32.1. The molecule has 1 heterocycles. The molecule has 0 aromatic heterocycles. The molecule has 0 saturated carbocycles. The van der Waals surface area contributed by atoms with Gasteiger partial charge in [-0.05, 0) is 26.7 Å². The molecule has 0 unspecified atom stereocenters. The molecule has 4 amide bonds. The SMILES string of the molecule is CCCCCCCCCCCCCCCCCC(=O)OC[C@H]1O[C@H](O)[C@H](NC(C)=O)[C@@H](O[C@H](C)C(=O)N[C@@H](C)C(=O)N[C@H](CCC(=O)O)C(N)=O)[C@@H]1O. The van der Waals surface area contributed by atoms with Gasteiger partial charge in [-0.1, -0.05) is 96.8 Å². The largest absolute Gasteiger partial charge is 0.481 e. The highest BCUT2D eigenvalue weighted by molar-refractivity contribution is 5.92. The summed E-state index contributed by atoms with van der Waals surface area (Å²) in [6.45, 7) is 5.62. The first-order chi connectivity index (χ1) is 25.2. The second-order valence-electron chi connectivity index (χ2n) is 14.0. The van der Waals surface area contributed by atoms with Gasteiger partial charge in [-0.3, -0.25) is 28.8 Å². The van der Waals surface area contributed by atoms with E-state index in [0.29, 0.717) is 6.42 Å². The average Bonchev–Trinajstić information content (AvgIpc) is 3.09. The lowest BCUT2D eigenvalue weighted by Gasteiger charge is -2.43. The van der Waals surface area contributed by atoms with Crippen LogP contribution in [-0.4, -0.2) is 106 Å². The van der Waals surface area contributed by atoms with Gasteiger partial charge in [-0.2, -0.15) is 0 Å². The molecule has 16 heteroatoms. The molecule has 16 nitrogen and oxygen atoms in total. The van der Waals surface area contributed by atoms with Crippen LogP contribution in [0.5, 0.6) is 0 Å². The number of carboxylic acids is 1. The monoisotopic (exact) mass is 758 g/mol. The number of unbranched alkanes of at least 4 members (excludes halogenated alkanes) is 14. The number of esters is 1. The van der Waals surface area contributed by atoms with Crippen LogP contribution >= 0.6 is 0 Å². The number of carbonyl (C=O) groups is 6. The summed E-state index contributed by atoms with van der Waals surface area (Å²) in [7, 11) is 0. The minimum Gasteiger partial charge on any atom is -0.481 e. The van der Waals surface area contributed by atoms with Gasteiger partial charge in [0.05, 0.1) is 0 Å². The van der Waals surface area contributed by atoms with E-state index in [9.17, 15) is 39.0 Å². The fourth-order valence-electron chi connectivity index (χ4n) is 6.05. The molecule has 0 radical (unpaired) electrons. The summed E-state index contributed by atoms with van der Waals surface area (Å²) in [6, 6.07) is -3.80. The summed E-state index contributed by atoms with van der Waals surface area (Å²) in [6.07, 6.45) is 10.3. The predicted molar refractivity (Wildman–Crippen MR) is 195 cm³/mol. The third-order valence-electron chi connectivity index (χ3n) is 9.25. The molecule has 306 valence electrons. The number of aliphatic hydroxyl groups excluding tert-OH is 2. The summed E-state index contributed by atoms with van der Waals surface area (Å²) >= 11 is 0. The number of carboxylic acid groups (broad SMARTS) is 1. The van der Waals surface area contributed by atoms with E-state index < -0.39 is 97.4 Å². The first-order valence-corrected chi connectivity index (χ1v) is 19.4. The Morgan fingerprint density at radius 3 is 1.79 bits per heavy atom. The maximum atomic E-state index is 12.9. The number of aliphatic carboxylic acids is 1. The van der Waals surface area contributed by atoms with Crippen LogP contribution in [0, 0.1) is 0 Å². The number of aliphatic hydroxyl groups is 2. The van der Waals surface area contributed by atoms with Crippen molar-refractivity contribution in [3.8, 4) is 0 Å². The fraction of sp³-hybridized carbons (Fsp3) is 0.838. The first-order valence-electron chi connectivity index (χ1n) is 19.4. The normalized spacial score (nSPS) is 21.5. The Hall–Kier alpha value is -3.34. The van der Waals surface area contributed by atoms with E-state index in [2.05, 4.69) is 22.9 Å². The molecular weight excluding hydrogens is 692 g/mol. The van der Waals surface area contributed by atoms with Crippen LogP contribution in [0.2, 0.25) is 0 Å². The van der Waals surface area contributed by atoms with Gasteiger partial charge in [-0.15, -0.1) is 0 Å². The topological polar surface area (TPSA) is 253 Å². The van der Waals surface area contributed by atoms with Crippen molar-refractivity contribution in [3.63, 3.8) is 0 Å². The third kappa shape index (κ3) is 20.6. The number of primary amides is 1. The number of amides is 4. The Morgan fingerprint density at radius 2 is 1.30 bits per heavy atom. The maximum absolute atomic E-state index is 12.9. The Morgan fingerprint density at radius 1 is 0.774 bits per heavy atom. The van der Waals surface area contributed by atoms with Gasteiger partial charge >= 0.3 is 11.9 Å². The van der Waals surface area contributed by atoms with Gasteiger partial charge in [-0.25, -0.2) is 0 Å². The lowest BCUT2D eigenvalue weighted by Crippen LogP contribution is -2.66. The molecule has 1 aliphatic heterocycles. The average molecular weight is 759 g/mol. The molecule has 0 aromatic rings. The van der Waals surface area contributed by atoms with E-state index in [1.807, 2.05) is 0 Å². The number of hydrogen-bond donors (Lipinski definition) is 7. The van der Waals surface area contributed by atoms with Crippen LogP contribution in [-0.2, 0) is 43.0 Å². The van der Waals surface area contributed by atoms with Crippen molar-refractivity contribution in [2.75, 3.05) is 6.61 Å². The van der Waals surface area contributed by atoms with Gasteiger partial charge in [0.25, 0.3) is 0 Å². The number of rotatable bonds is 29. The van der Waals surface area contributed by atoms with Crippen LogP contribution in [0.15, 0.2) is 0 Å². The second-order valence-corrected chi connectivity index (χ2v) is 14.0. The molecule has 8 atom stereocenters. The minimum atomic E-state index is -1.69. The zero-order chi connectivity index (χ0) is 39.8. The predicted octanol–water partition coefficient (Wildman–Crippen LogP) is 2.49. The van der Waals surface area contributed by atoms with Crippen molar-refractivity contribution < 1.29 is 58.3 Å². The lowest BCUT2D eigenvalue weighted by molar-refractivity contribution is -0.267. The van der Waals surface area contributed by atoms with Crippen molar-refractivity contribution in [2.24, 2.45) is 5.73 Å². The van der Waals surface area contributed by atoms with E-state index >= 15 is 0 Å². The van der Waals surface area contributed by atoms with Gasteiger partial charge in [0, 0.05) is 19.8 Å². The second kappa shape index (κ2) is 27.3. The molecule has 1 fully saturated rings. The molecule has 8 N–H and O–H groups in total. The third-order valence-corrected chi connectivity index (χ3v) is 9.25. The molecule has 0 spiro atoms. The Bertz CT molecular complexity index is 1130. The quantitative estimate of drug-likeness (QED) is 0.0429. The van der Waals surface area contributed by atoms with E-state index in [1.54, 1.807) is 0 Å². The van der Waals surface area contributed by atoms with Crippen molar-refractivity contribution >= 4 is 35.6 Å². The van der Waals surface area contributed by atoms with Crippen LogP contribution in [0.4, 0.5) is 0 Å². The Kier molecular flexibility index (Phi) is 24.5. The van der Waals surface area contributed by atoms with Gasteiger partial charge in [0.15, 0.2) is 6.29 Å². The van der Waals surface area contributed by atoms with Crippen molar-refractivity contribution in [3.05, 3.63) is 0 Å². The summed E-state index contributed by atoms with van der Waals surface area (Å²) in [5.74, 6) is -4.85.